The summed E-state index contributed by atoms with van der Waals surface area (Å²) in [4.78, 5) is 23.8. The number of nitrogens with one attached hydrogen (secondary N) is 1. The fraction of sp³-hybridized carbons (Fsp3) is 0.308. The van der Waals surface area contributed by atoms with Gasteiger partial charge in [0.1, 0.15) is 0 Å². The van der Waals surface area contributed by atoms with E-state index in [0.717, 1.165) is 22.9 Å². The summed E-state index contributed by atoms with van der Waals surface area (Å²) in [5.74, 6) is 0. The van der Waals surface area contributed by atoms with Gasteiger partial charge in [0, 0.05) is 11.9 Å². The summed E-state index contributed by atoms with van der Waals surface area (Å²) in [6.07, 6.45) is 3.39. The third-order valence-electron chi connectivity index (χ3n) is 2.69. The van der Waals surface area contributed by atoms with Gasteiger partial charge in [0.25, 0.3) is 5.56 Å². The molecule has 1 aromatic heterocycles. The summed E-state index contributed by atoms with van der Waals surface area (Å²) < 4.78 is 0.873. The molecule has 2 rings (SSSR count). The number of carbonyl (C=O) groups is 1. The van der Waals surface area contributed by atoms with Crippen LogP contribution in [0.4, 0.5) is 4.79 Å². The first-order valence-electron chi connectivity index (χ1n) is 5.99. The molecule has 0 radical (unpaired) electrons. The molecule has 0 aliphatic rings. The van der Waals surface area contributed by atoms with Crippen molar-refractivity contribution < 1.29 is 4.79 Å². The van der Waals surface area contributed by atoms with Crippen LogP contribution in [0.2, 0.25) is 0 Å². The number of hydrogen-bond donors (Lipinski definition) is 1. The SMILES string of the molecule is CCCCNC(=O)n1ncc2ccccc2c1=O. The number of rotatable bonds is 3. The van der Waals surface area contributed by atoms with Crippen molar-refractivity contribution in [2.45, 2.75) is 19.8 Å². The van der Waals surface area contributed by atoms with E-state index in [1.54, 1.807) is 18.2 Å². The molecule has 1 N–H and O–H groups in total. The fourth-order valence-corrected chi connectivity index (χ4v) is 1.68. The average Bonchev–Trinajstić information content (AvgIpc) is 2.39. The van der Waals surface area contributed by atoms with E-state index < -0.39 is 6.03 Å². The maximum Gasteiger partial charge on any atom is 0.345 e. The van der Waals surface area contributed by atoms with Crippen LogP contribution in [-0.2, 0) is 0 Å². The van der Waals surface area contributed by atoms with E-state index in [0.29, 0.717) is 11.9 Å². The van der Waals surface area contributed by atoms with Gasteiger partial charge >= 0.3 is 6.03 Å². The van der Waals surface area contributed by atoms with Crippen molar-refractivity contribution in [1.29, 1.82) is 0 Å². The fourth-order valence-electron chi connectivity index (χ4n) is 1.68. The Hall–Kier alpha value is -2.17. The number of amides is 1. The lowest BCUT2D eigenvalue weighted by Gasteiger charge is -2.06. The summed E-state index contributed by atoms with van der Waals surface area (Å²) in [5.41, 5.74) is -0.387. The van der Waals surface area contributed by atoms with Gasteiger partial charge in [0.05, 0.1) is 11.6 Å². The average molecular weight is 245 g/mol. The van der Waals surface area contributed by atoms with Crippen molar-refractivity contribution in [3.05, 3.63) is 40.8 Å². The molecular weight excluding hydrogens is 230 g/mol. The lowest BCUT2D eigenvalue weighted by Crippen LogP contribution is -2.38. The maximum atomic E-state index is 12.0. The normalized spacial score (nSPS) is 10.5. The number of carbonyl (C=O) groups excluding carboxylic acids is 1. The van der Waals surface area contributed by atoms with E-state index in [1.807, 2.05) is 13.0 Å². The second-order valence-electron chi connectivity index (χ2n) is 4.03. The van der Waals surface area contributed by atoms with Gasteiger partial charge in [-0.05, 0) is 12.5 Å². The first-order valence-corrected chi connectivity index (χ1v) is 5.99. The molecule has 0 bridgehead atoms. The first-order chi connectivity index (χ1) is 8.74. The van der Waals surface area contributed by atoms with Crippen molar-refractivity contribution in [2.24, 2.45) is 0 Å². The quantitative estimate of drug-likeness (QED) is 0.838. The first kappa shape index (κ1) is 12.3. The highest BCUT2D eigenvalue weighted by atomic mass is 16.2. The lowest BCUT2D eigenvalue weighted by molar-refractivity contribution is 0.238. The Kier molecular flexibility index (Phi) is 3.72. The molecule has 5 nitrogen and oxygen atoms in total. The zero-order chi connectivity index (χ0) is 13.0. The number of benzene rings is 1. The number of hydrogen-bond acceptors (Lipinski definition) is 3. The summed E-state index contributed by atoms with van der Waals surface area (Å²) in [6, 6.07) is 6.61. The molecule has 5 heteroatoms. The van der Waals surface area contributed by atoms with E-state index in [9.17, 15) is 9.59 Å². The molecule has 0 aliphatic heterocycles. The van der Waals surface area contributed by atoms with Crippen LogP contribution in [-0.4, -0.2) is 22.4 Å². The van der Waals surface area contributed by atoms with E-state index >= 15 is 0 Å². The Balaban J connectivity index is 2.31. The van der Waals surface area contributed by atoms with Crippen molar-refractivity contribution in [3.8, 4) is 0 Å². The number of aromatic nitrogens is 2. The van der Waals surface area contributed by atoms with E-state index in [-0.39, 0.29) is 5.56 Å². The van der Waals surface area contributed by atoms with Crippen LogP contribution >= 0.6 is 0 Å². The molecule has 94 valence electrons. The van der Waals surface area contributed by atoms with Crippen LogP contribution in [0.15, 0.2) is 35.3 Å². The Morgan fingerprint density at radius 3 is 2.94 bits per heavy atom. The molecule has 18 heavy (non-hydrogen) atoms. The zero-order valence-corrected chi connectivity index (χ0v) is 10.2. The van der Waals surface area contributed by atoms with E-state index in [1.165, 1.54) is 6.20 Å². The van der Waals surface area contributed by atoms with Crippen LogP contribution in [0.1, 0.15) is 19.8 Å². The van der Waals surface area contributed by atoms with E-state index in [4.69, 9.17) is 0 Å². The molecule has 1 aromatic carbocycles. The van der Waals surface area contributed by atoms with Crippen molar-refractivity contribution in [3.63, 3.8) is 0 Å². The molecule has 0 saturated carbocycles. The van der Waals surface area contributed by atoms with Crippen LogP contribution < -0.4 is 10.9 Å². The van der Waals surface area contributed by atoms with Crippen molar-refractivity contribution in [2.75, 3.05) is 6.54 Å². The smallest absolute Gasteiger partial charge is 0.336 e. The Morgan fingerprint density at radius 2 is 2.17 bits per heavy atom. The summed E-state index contributed by atoms with van der Waals surface area (Å²) >= 11 is 0. The number of nitrogens with zero attached hydrogens (tertiary/aromatic N) is 2. The van der Waals surface area contributed by atoms with Crippen LogP contribution in [0, 0.1) is 0 Å². The highest BCUT2D eigenvalue weighted by molar-refractivity contribution is 5.84. The molecule has 0 fully saturated rings. The second-order valence-corrected chi connectivity index (χ2v) is 4.03. The number of unbranched alkanes of at least 4 members (excludes halogenated alkanes) is 1. The van der Waals surface area contributed by atoms with Gasteiger partial charge in [-0.15, -0.1) is 4.68 Å². The van der Waals surface area contributed by atoms with Crippen LogP contribution in [0.3, 0.4) is 0 Å². The minimum absolute atomic E-state index is 0.387. The third kappa shape index (κ3) is 2.40. The summed E-state index contributed by atoms with van der Waals surface area (Å²) in [6.45, 7) is 2.59. The standard InChI is InChI=1S/C13H15N3O2/c1-2-3-8-14-13(18)16-12(17)11-7-5-4-6-10(11)9-15-16/h4-7,9H,2-3,8H2,1H3,(H,14,18). The van der Waals surface area contributed by atoms with Gasteiger partial charge in [-0.3, -0.25) is 4.79 Å². The van der Waals surface area contributed by atoms with Gasteiger partial charge in [-0.25, -0.2) is 4.79 Å². The second kappa shape index (κ2) is 5.44. The Bertz CT molecular complexity index is 619. The largest absolute Gasteiger partial charge is 0.345 e. The molecule has 0 unspecified atom stereocenters. The monoisotopic (exact) mass is 245 g/mol. The highest BCUT2D eigenvalue weighted by Gasteiger charge is 2.09. The van der Waals surface area contributed by atoms with Crippen LogP contribution in [0.5, 0.6) is 0 Å². The predicted octanol–water partition coefficient (Wildman–Crippen LogP) is 1.75. The molecule has 0 atom stereocenters. The summed E-state index contributed by atoms with van der Waals surface area (Å²) in [7, 11) is 0. The van der Waals surface area contributed by atoms with Gasteiger partial charge in [-0.1, -0.05) is 31.5 Å². The Labute approximate surface area is 104 Å². The van der Waals surface area contributed by atoms with Gasteiger partial charge in [-0.2, -0.15) is 5.10 Å². The predicted molar refractivity (Wildman–Crippen MR) is 69.7 cm³/mol. The summed E-state index contributed by atoms with van der Waals surface area (Å²) in [5, 5.41) is 7.78. The zero-order valence-electron chi connectivity index (χ0n) is 10.2. The van der Waals surface area contributed by atoms with Crippen LogP contribution in [0.25, 0.3) is 10.8 Å². The van der Waals surface area contributed by atoms with Gasteiger partial charge in [0.2, 0.25) is 0 Å². The maximum absolute atomic E-state index is 12.0. The minimum atomic E-state index is -0.473. The number of fused-ring (bicyclic) bond motifs is 1. The molecule has 1 amide bonds. The lowest BCUT2D eigenvalue weighted by atomic mass is 10.2. The minimum Gasteiger partial charge on any atom is -0.336 e. The highest BCUT2D eigenvalue weighted by Crippen LogP contribution is 2.05. The Morgan fingerprint density at radius 1 is 1.39 bits per heavy atom. The van der Waals surface area contributed by atoms with Crippen molar-refractivity contribution >= 4 is 16.8 Å². The van der Waals surface area contributed by atoms with Gasteiger partial charge in [0.15, 0.2) is 0 Å². The topological polar surface area (TPSA) is 64.0 Å². The molecule has 1 heterocycles. The third-order valence-corrected chi connectivity index (χ3v) is 2.69. The molecule has 0 saturated heterocycles. The molecule has 0 aliphatic carbocycles. The molecular formula is C13H15N3O2. The van der Waals surface area contributed by atoms with E-state index in [2.05, 4.69) is 10.4 Å². The van der Waals surface area contributed by atoms with Gasteiger partial charge < -0.3 is 5.32 Å². The van der Waals surface area contributed by atoms with Crippen molar-refractivity contribution in [1.82, 2.24) is 15.1 Å². The molecule has 0 spiro atoms. The molecule has 2 aromatic rings.